The molecule has 1 aliphatic rings. The van der Waals surface area contributed by atoms with Crippen LogP contribution in [0.3, 0.4) is 0 Å². The average molecular weight is 229 g/mol. The molecule has 82 valence electrons. The van der Waals surface area contributed by atoms with Crippen molar-refractivity contribution in [2.75, 3.05) is 20.6 Å². The van der Waals surface area contributed by atoms with E-state index >= 15 is 0 Å². The van der Waals surface area contributed by atoms with Crippen LogP contribution < -0.4 is 5.73 Å². The zero-order valence-electron chi connectivity index (χ0n) is 8.53. The molecule has 0 aromatic rings. The van der Waals surface area contributed by atoms with E-state index in [2.05, 4.69) is 19.0 Å². The molecule has 0 aromatic heterocycles. The summed E-state index contributed by atoms with van der Waals surface area (Å²) in [5.74, 6) is 0.907. The number of nitrogens with zero attached hydrogens (tertiary/aromatic N) is 1. The molecule has 0 heterocycles. The molecule has 0 aliphatic heterocycles. The van der Waals surface area contributed by atoms with Crippen LogP contribution in [0.2, 0.25) is 0 Å². The highest BCUT2D eigenvalue weighted by molar-refractivity contribution is 5.85. The highest BCUT2D eigenvalue weighted by atomic mass is 35.5. The molecule has 1 saturated carbocycles. The number of hydrogen-bond donors (Lipinski definition) is 1. The van der Waals surface area contributed by atoms with Gasteiger partial charge in [-0.25, -0.2) is 0 Å². The minimum atomic E-state index is 0. The second kappa shape index (κ2) is 7.86. The van der Waals surface area contributed by atoms with Crippen molar-refractivity contribution in [3.05, 3.63) is 0 Å². The monoisotopic (exact) mass is 228 g/mol. The Morgan fingerprint density at radius 2 is 1.54 bits per heavy atom. The van der Waals surface area contributed by atoms with Crippen LogP contribution in [0.4, 0.5) is 0 Å². The van der Waals surface area contributed by atoms with Crippen LogP contribution in [-0.2, 0) is 0 Å². The first-order valence-corrected chi connectivity index (χ1v) is 4.59. The van der Waals surface area contributed by atoms with E-state index in [1.54, 1.807) is 0 Å². The molecule has 13 heavy (non-hydrogen) atoms. The Bertz CT molecular complexity index is 112. The molecule has 1 rings (SSSR count). The molecule has 0 amide bonds. The third-order valence-electron chi connectivity index (χ3n) is 2.51. The summed E-state index contributed by atoms with van der Waals surface area (Å²) in [5, 5.41) is 0. The van der Waals surface area contributed by atoms with Crippen molar-refractivity contribution in [2.45, 2.75) is 31.7 Å². The molecule has 0 radical (unpaired) electrons. The SMILES string of the molecule is CN(C)CC1CCC(N)CC1.Cl.Cl. The Labute approximate surface area is 94.1 Å². The van der Waals surface area contributed by atoms with Gasteiger partial charge in [-0.1, -0.05) is 0 Å². The van der Waals surface area contributed by atoms with Crippen molar-refractivity contribution in [3.8, 4) is 0 Å². The summed E-state index contributed by atoms with van der Waals surface area (Å²) < 4.78 is 0. The Hall–Kier alpha value is 0.500. The third-order valence-corrected chi connectivity index (χ3v) is 2.51. The predicted octanol–water partition coefficient (Wildman–Crippen LogP) is 1.91. The highest BCUT2D eigenvalue weighted by Crippen LogP contribution is 2.23. The first-order valence-electron chi connectivity index (χ1n) is 4.59. The van der Waals surface area contributed by atoms with Crippen LogP contribution in [0.5, 0.6) is 0 Å². The maximum absolute atomic E-state index is 5.81. The Morgan fingerprint density at radius 3 is 1.92 bits per heavy atom. The fourth-order valence-corrected chi connectivity index (χ4v) is 1.89. The molecule has 0 bridgehead atoms. The molecule has 2 N–H and O–H groups in total. The van der Waals surface area contributed by atoms with Crippen LogP contribution >= 0.6 is 24.8 Å². The summed E-state index contributed by atoms with van der Waals surface area (Å²) in [6, 6.07) is 0.494. The molecule has 1 aliphatic carbocycles. The summed E-state index contributed by atoms with van der Waals surface area (Å²) in [6.45, 7) is 1.24. The minimum Gasteiger partial charge on any atom is -0.328 e. The smallest absolute Gasteiger partial charge is 0.00390 e. The second-order valence-corrected chi connectivity index (χ2v) is 4.04. The van der Waals surface area contributed by atoms with Gasteiger partial charge in [0.25, 0.3) is 0 Å². The first kappa shape index (κ1) is 15.9. The van der Waals surface area contributed by atoms with Crippen molar-refractivity contribution < 1.29 is 0 Å². The first-order chi connectivity index (χ1) is 5.18. The molecular formula is C9H22Cl2N2. The molecule has 2 nitrogen and oxygen atoms in total. The van der Waals surface area contributed by atoms with Crippen LogP contribution in [0.1, 0.15) is 25.7 Å². The molecule has 0 atom stereocenters. The highest BCUT2D eigenvalue weighted by Gasteiger charge is 2.18. The molecular weight excluding hydrogens is 207 g/mol. The number of nitrogens with two attached hydrogens (primary N) is 1. The maximum atomic E-state index is 5.81. The van der Waals surface area contributed by atoms with Gasteiger partial charge in [0.1, 0.15) is 0 Å². The zero-order chi connectivity index (χ0) is 8.27. The van der Waals surface area contributed by atoms with Gasteiger partial charge in [0.2, 0.25) is 0 Å². The quantitative estimate of drug-likeness (QED) is 0.783. The second-order valence-electron chi connectivity index (χ2n) is 4.04. The average Bonchev–Trinajstić information content (AvgIpc) is 1.93. The lowest BCUT2D eigenvalue weighted by Gasteiger charge is -2.28. The largest absolute Gasteiger partial charge is 0.328 e. The summed E-state index contributed by atoms with van der Waals surface area (Å²) >= 11 is 0. The van der Waals surface area contributed by atoms with E-state index in [-0.39, 0.29) is 24.8 Å². The van der Waals surface area contributed by atoms with E-state index in [0.29, 0.717) is 6.04 Å². The zero-order valence-corrected chi connectivity index (χ0v) is 10.2. The Balaban J connectivity index is 0. The van der Waals surface area contributed by atoms with Gasteiger partial charge in [-0.15, -0.1) is 24.8 Å². The van der Waals surface area contributed by atoms with Gasteiger partial charge in [0.15, 0.2) is 0 Å². The van der Waals surface area contributed by atoms with Crippen molar-refractivity contribution in [2.24, 2.45) is 11.7 Å². The van der Waals surface area contributed by atoms with Crippen molar-refractivity contribution >= 4 is 24.8 Å². The fourth-order valence-electron chi connectivity index (χ4n) is 1.89. The van der Waals surface area contributed by atoms with Gasteiger partial charge >= 0.3 is 0 Å². The van der Waals surface area contributed by atoms with E-state index in [1.165, 1.54) is 32.2 Å². The summed E-state index contributed by atoms with van der Waals surface area (Å²) in [6.07, 6.45) is 5.13. The molecule has 1 fully saturated rings. The van der Waals surface area contributed by atoms with E-state index in [9.17, 15) is 0 Å². The number of rotatable bonds is 2. The van der Waals surface area contributed by atoms with Crippen LogP contribution in [0, 0.1) is 5.92 Å². The van der Waals surface area contributed by atoms with Gasteiger partial charge in [-0.3, -0.25) is 0 Å². The lowest BCUT2D eigenvalue weighted by atomic mass is 9.86. The van der Waals surface area contributed by atoms with Gasteiger partial charge in [-0.05, 0) is 45.7 Å². The van der Waals surface area contributed by atoms with Crippen LogP contribution in [-0.4, -0.2) is 31.6 Å². The number of hydrogen-bond acceptors (Lipinski definition) is 2. The lowest BCUT2D eigenvalue weighted by molar-refractivity contribution is 0.250. The predicted molar refractivity (Wildman–Crippen MR) is 63.0 cm³/mol. The van der Waals surface area contributed by atoms with Crippen molar-refractivity contribution in [1.29, 1.82) is 0 Å². The van der Waals surface area contributed by atoms with E-state index < -0.39 is 0 Å². The van der Waals surface area contributed by atoms with Gasteiger partial charge < -0.3 is 10.6 Å². The Kier molecular flexibility index (Phi) is 9.65. The van der Waals surface area contributed by atoms with Crippen LogP contribution in [0.15, 0.2) is 0 Å². The van der Waals surface area contributed by atoms with Gasteiger partial charge in [-0.2, -0.15) is 0 Å². The molecule has 0 saturated heterocycles. The van der Waals surface area contributed by atoms with Gasteiger partial charge in [0, 0.05) is 12.6 Å². The topological polar surface area (TPSA) is 29.3 Å². The molecule has 0 spiro atoms. The normalized spacial score (nSPS) is 27.7. The summed E-state index contributed by atoms with van der Waals surface area (Å²) in [5.41, 5.74) is 5.81. The number of halogens is 2. The maximum Gasteiger partial charge on any atom is 0.00390 e. The molecule has 4 heteroatoms. The van der Waals surface area contributed by atoms with Crippen molar-refractivity contribution in [1.82, 2.24) is 4.90 Å². The molecule has 0 aromatic carbocycles. The summed E-state index contributed by atoms with van der Waals surface area (Å²) in [4.78, 5) is 2.28. The minimum absolute atomic E-state index is 0. The lowest BCUT2D eigenvalue weighted by Crippen LogP contribution is -2.31. The standard InChI is InChI=1S/C9H20N2.2ClH/c1-11(2)7-8-3-5-9(10)6-4-8;;/h8-9H,3-7,10H2,1-2H3;2*1H. The van der Waals surface area contributed by atoms with E-state index in [1.807, 2.05) is 0 Å². The van der Waals surface area contributed by atoms with E-state index in [0.717, 1.165) is 5.92 Å². The van der Waals surface area contributed by atoms with E-state index in [4.69, 9.17) is 5.73 Å². The fraction of sp³-hybridized carbons (Fsp3) is 1.00. The van der Waals surface area contributed by atoms with Crippen molar-refractivity contribution in [3.63, 3.8) is 0 Å². The molecule has 0 unspecified atom stereocenters. The van der Waals surface area contributed by atoms with Gasteiger partial charge in [0.05, 0.1) is 0 Å². The van der Waals surface area contributed by atoms with Crippen LogP contribution in [0.25, 0.3) is 0 Å². The third kappa shape index (κ3) is 6.55. The Morgan fingerprint density at radius 1 is 1.08 bits per heavy atom. The summed E-state index contributed by atoms with van der Waals surface area (Å²) in [7, 11) is 4.29.